The highest BCUT2D eigenvalue weighted by atomic mass is 16.4. The van der Waals surface area contributed by atoms with E-state index in [4.69, 9.17) is 0 Å². The molecule has 0 heterocycles. The van der Waals surface area contributed by atoms with E-state index in [1.807, 2.05) is 12.1 Å². The summed E-state index contributed by atoms with van der Waals surface area (Å²) in [5.74, 6) is 1.24. The minimum absolute atomic E-state index is 0.150. The second-order valence-electron chi connectivity index (χ2n) is 9.31. The van der Waals surface area contributed by atoms with Gasteiger partial charge in [0.25, 0.3) is 5.91 Å². The van der Waals surface area contributed by atoms with Gasteiger partial charge < -0.3 is 10.4 Å². The molecule has 4 nitrogen and oxygen atoms in total. The van der Waals surface area contributed by atoms with E-state index < -0.39 is 12.0 Å². The third-order valence-electron chi connectivity index (χ3n) is 7.02. The van der Waals surface area contributed by atoms with Crippen LogP contribution in [0.5, 0.6) is 0 Å². The zero-order chi connectivity index (χ0) is 18.5. The Bertz CT molecular complexity index is 671. The molecule has 0 radical (unpaired) electrons. The number of carbonyl (C=O) groups excluding carboxylic acids is 1. The van der Waals surface area contributed by atoms with Crippen molar-refractivity contribution in [2.24, 2.45) is 23.7 Å². The third kappa shape index (κ3) is 3.04. The van der Waals surface area contributed by atoms with Crippen LogP contribution in [0.15, 0.2) is 24.3 Å². The molecule has 4 heteroatoms. The highest BCUT2D eigenvalue weighted by molar-refractivity contribution is 5.96. The average molecular weight is 355 g/mol. The van der Waals surface area contributed by atoms with E-state index >= 15 is 0 Å². The summed E-state index contributed by atoms with van der Waals surface area (Å²) in [4.78, 5) is 23.8. The average Bonchev–Trinajstić information content (AvgIpc) is 2.58. The Hall–Kier alpha value is -1.84. The third-order valence-corrected chi connectivity index (χ3v) is 7.02. The molecule has 1 atom stereocenters. The molecule has 4 fully saturated rings. The SMILES string of the molecule is CC(C)C(NC(=O)c1ccc(C23CC4CC(CC(C4)C2)C3)cc1)C(=O)O. The highest BCUT2D eigenvalue weighted by Crippen LogP contribution is 2.60. The van der Waals surface area contributed by atoms with Crippen molar-refractivity contribution in [1.82, 2.24) is 5.32 Å². The van der Waals surface area contributed by atoms with Gasteiger partial charge in [-0.2, -0.15) is 0 Å². The maximum Gasteiger partial charge on any atom is 0.326 e. The molecule has 4 saturated carbocycles. The predicted octanol–water partition coefficient (Wildman–Crippen LogP) is 3.99. The van der Waals surface area contributed by atoms with Gasteiger partial charge in [-0.3, -0.25) is 4.79 Å². The fourth-order valence-electron chi connectivity index (χ4n) is 6.18. The summed E-state index contributed by atoms with van der Waals surface area (Å²) >= 11 is 0. The van der Waals surface area contributed by atoms with E-state index in [1.165, 1.54) is 44.1 Å². The second kappa shape index (κ2) is 6.40. The molecule has 140 valence electrons. The van der Waals surface area contributed by atoms with Gasteiger partial charge >= 0.3 is 5.97 Å². The summed E-state index contributed by atoms with van der Waals surface area (Å²) in [7, 11) is 0. The number of aliphatic carboxylic acids is 1. The number of benzene rings is 1. The Morgan fingerprint density at radius 2 is 1.50 bits per heavy atom. The van der Waals surface area contributed by atoms with Crippen LogP contribution >= 0.6 is 0 Å². The van der Waals surface area contributed by atoms with Crippen molar-refractivity contribution in [2.75, 3.05) is 0 Å². The number of amides is 1. The van der Waals surface area contributed by atoms with Crippen LogP contribution in [0, 0.1) is 23.7 Å². The summed E-state index contributed by atoms with van der Waals surface area (Å²) in [6, 6.07) is 7.14. The molecule has 4 bridgehead atoms. The Balaban J connectivity index is 1.50. The summed E-state index contributed by atoms with van der Waals surface area (Å²) in [5, 5.41) is 11.9. The molecular formula is C22H29NO3. The Morgan fingerprint density at radius 1 is 1.00 bits per heavy atom. The van der Waals surface area contributed by atoms with Gasteiger partial charge in [0, 0.05) is 5.56 Å². The smallest absolute Gasteiger partial charge is 0.326 e. The number of hydrogen-bond donors (Lipinski definition) is 2. The van der Waals surface area contributed by atoms with Crippen LogP contribution in [0.1, 0.15) is 68.3 Å². The van der Waals surface area contributed by atoms with Crippen molar-refractivity contribution in [3.8, 4) is 0 Å². The van der Waals surface area contributed by atoms with Crippen LogP contribution < -0.4 is 5.32 Å². The van der Waals surface area contributed by atoms with E-state index in [9.17, 15) is 14.7 Å². The van der Waals surface area contributed by atoms with Crippen LogP contribution in [0.3, 0.4) is 0 Å². The van der Waals surface area contributed by atoms with Gasteiger partial charge in [0.1, 0.15) is 6.04 Å². The maximum absolute atomic E-state index is 12.4. The van der Waals surface area contributed by atoms with E-state index in [1.54, 1.807) is 13.8 Å². The number of nitrogens with one attached hydrogen (secondary N) is 1. The van der Waals surface area contributed by atoms with E-state index in [2.05, 4.69) is 17.4 Å². The number of hydrogen-bond acceptors (Lipinski definition) is 2. The van der Waals surface area contributed by atoms with Crippen LogP contribution in [0.4, 0.5) is 0 Å². The summed E-state index contributed by atoms with van der Waals surface area (Å²) < 4.78 is 0. The molecule has 1 unspecified atom stereocenters. The molecule has 4 aliphatic carbocycles. The maximum atomic E-state index is 12.4. The molecule has 1 aromatic rings. The number of carboxylic acid groups (broad SMARTS) is 1. The molecule has 0 saturated heterocycles. The van der Waals surface area contributed by atoms with Gasteiger partial charge in [-0.1, -0.05) is 26.0 Å². The first-order valence-corrected chi connectivity index (χ1v) is 10.0. The molecule has 2 N–H and O–H groups in total. The minimum Gasteiger partial charge on any atom is -0.480 e. The monoisotopic (exact) mass is 355 g/mol. The first kappa shape index (κ1) is 17.6. The lowest BCUT2D eigenvalue weighted by atomic mass is 9.48. The Kier molecular flexibility index (Phi) is 4.32. The normalized spacial score (nSPS) is 33.3. The second-order valence-corrected chi connectivity index (χ2v) is 9.31. The van der Waals surface area contributed by atoms with Crippen LogP contribution in [0.2, 0.25) is 0 Å². The van der Waals surface area contributed by atoms with Crippen LogP contribution in [-0.2, 0) is 10.2 Å². The van der Waals surface area contributed by atoms with Gasteiger partial charge in [-0.25, -0.2) is 4.79 Å². The molecular weight excluding hydrogens is 326 g/mol. The quantitative estimate of drug-likeness (QED) is 0.839. The Labute approximate surface area is 155 Å². The lowest BCUT2D eigenvalue weighted by Crippen LogP contribution is -2.48. The Morgan fingerprint density at radius 3 is 1.92 bits per heavy atom. The summed E-state index contributed by atoms with van der Waals surface area (Å²) in [6.45, 7) is 3.60. The fourth-order valence-corrected chi connectivity index (χ4v) is 6.18. The lowest BCUT2D eigenvalue weighted by molar-refractivity contribution is -0.140. The summed E-state index contributed by atoms with van der Waals surface area (Å²) in [6.07, 6.45) is 8.18. The largest absolute Gasteiger partial charge is 0.480 e. The van der Waals surface area contributed by atoms with Crippen LogP contribution in [-0.4, -0.2) is 23.0 Å². The van der Waals surface area contributed by atoms with Crippen LogP contribution in [0.25, 0.3) is 0 Å². The molecule has 4 aliphatic rings. The van der Waals surface area contributed by atoms with Gasteiger partial charge in [0.15, 0.2) is 0 Å². The molecule has 0 aromatic heterocycles. The molecule has 1 aromatic carbocycles. The fraction of sp³-hybridized carbons (Fsp3) is 0.636. The van der Waals surface area contributed by atoms with Crippen molar-refractivity contribution >= 4 is 11.9 Å². The zero-order valence-corrected chi connectivity index (χ0v) is 15.7. The molecule has 0 aliphatic heterocycles. The van der Waals surface area contributed by atoms with Gasteiger partial charge in [0.05, 0.1) is 0 Å². The first-order valence-electron chi connectivity index (χ1n) is 10.0. The lowest BCUT2D eigenvalue weighted by Gasteiger charge is -2.57. The predicted molar refractivity (Wildman–Crippen MR) is 100 cm³/mol. The summed E-state index contributed by atoms with van der Waals surface area (Å²) in [5.41, 5.74) is 2.25. The van der Waals surface area contributed by atoms with Crippen molar-refractivity contribution in [1.29, 1.82) is 0 Å². The zero-order valence-electron chi connectivity index (χ0n) is 15.7. The number of rotatable bonds is 5. The molecule has 1 amide bonds. The van der Waals surface area contributed by atoms with Crippen molar-refractivity contribution in [3.63, 3.8) is 0 Å². The first-order chi connectivity index (χ1) is 12.4. The minimum atomic E-state index is -0.987. The molecule has 0 spiro atoms. The van der Waals surface area contributed by atoms with Gasteiger partial charge in [-0.05, 0) is 85.3 Å². The van der Waals surface area contributed by atoms with Gasteiger partial charge in [0.2, 0.25) is 0 Å². The van der Waals surface area contributed by atoms with E-state index in [0.29, 0.717) is 11.0 Å². The number of carbonyl (C=O) groups is 2. The standard InChI is InChI=1S/C22H29NO3/c1-13(2)19(21(25)26)23-20(24)17-3-5-18(6-4-17)22-10-14-7-15(11-22)9-16(8-14)12-22/h3-6,13-16,19H,7-12H2,1-2H3,(H,23,24)(H,25,26). The topological polar surface area (TPSA) is 66.4 Å². The number of carboxylic acids is 1. The molecule has 5 rings (SSSR count). The van der Waals surface area contributed by atoms with E-state index in [-0.39, 0.29) is 11.8 Å². The van der Waals surface area contributed by atoms with Crippen molar-refractivity contribution < 1.29 is 14.7 Å². The molecule has 26 heavy (non-hydrogen) atoms. The van der Waals surface area contributed by atoms with E-state index in [0.717, 1.165) is 17.8 Å². The van der Waals surface area contributed by atoms with Crippen molar-refractivity contribution in [3.05, 3.63) is 35.4 Å². The van der Waals surface area contributed by atoms with Gasteiger partial charge in [-0.15, -0.1) is 0 Å². The highest BCUT2D eigenvalue weighted by Gasteiger charge is 2.51. The van der Waals surface area contributed by atoms with Crippen molar-refractivity contribution in [2.45, 2.75) is 63.8 Å².